The maximum absolute atomic E-state index is 11.3. The van der Waals surface area contributed by atoms with E-state index in [9.17, 15) is 4.79 Å². The van der Waals surface area contributed by atoms with E-state index in [1.165, 1.54) is 24.1 Å². The summed E-state index contributed by atoms with van der Waals surface area (Å²) in [6.07, 6.45) is 4.42. The van der Waals surface area contributed by atoms with Crippen LogP contribution in [-0.2, 0) is 11.3 Å². The lowest BCUT2D eigenvalue weighted by atomic mass is 9.98. The molecule has 4 heteroatoms. The molecule has 94 valence electrons. The molecule has 1 unspecified atom stereocenters. The second-order valence-corrected chi connectivity index (χ2v) is 6.67. The van der Waals surface area contributed by atoms with Gasteiger partial charge in [-0.1, -0.05) is 6.42 Å². The van der Waals surface area contributed by atoms with E-state index in [2.05, 4.69) is 32.3 Å². The molecule has 2 rings (SSSR count). The average molecular weight is 316 g/mol. The molecule has 1 aromatic heterocycles. The zero-order valence-corrected chi connectivity index (χ0v) is 12.5. The minimum Gasteiger partial charge on any atom is -0.300 e. The van der Waals surface area contributed by atoms with Gasteiger partial charge < -0.3 is 0 Å². The van der Waals surface area contributed by atoms with Crippen LogP contribution < -0.4 is 0 Å². The summed E-state index contributed by atoms with van der Waals surface area (Å²) >= 11 is 5.28. The number of nitrogens with zero attached hydrogens (tertiary/aromatic N) is 1. The van der Waals surface area contributed by atoms with E-state index in [-0.39, 0.29) is 0 Å². The summed E-state index contributed by atoms with van der Waals surface area (Å²) in [6, 6.07) is 2.64. The van der Waals surface area contributed by atoms with Crippen molar-refractivity contribution in [1.29, 1.82) is 0 Å². The van der Waals surface area contributed by atoms with Gasteiger partial charge in [-0.15, -0.1) is 11.3 Å². The van der Waals surface area contributed by atoms with Crippen molar-refractivity contribution in [2.24, 2.45) is 0 Å². The normalized spacial score (nSPS) is 21.6. The molecule has 1 fully saturated rings. The lowest BCUT2D eigenvalue weighted by molar-refractivity contribution is -0.118. The first-order valence-electron chi connectivity index (χ1n) is 6.11. The number of piperidine rings is 1. The van der Waals surface area contributed by atoms with Crippen LogP contribution in [0.15, 0.2) is 15.9 Å². The number of halogens is 1. The van der Waals surface area contributed by atoms with E-state index in [4.69, 9.17) is 0 Å². The summed E-state index contributed by atoms with van der Waals surface area (Å²) in [7, 11) is 0. The van der Waals surface area contributed by atoms with Gasteiger partial charge in [0.2, 0.25) is 0 Å². The molecule has 1 atom stereocenters. The predicted molar refractivity (Wildman–Crippen MR) is 75.4 cm³/mol. The molecule has 0 aliphatic carbocycles. The Kier molecular flexibility index (Phi) is 4.77. The molecule has 0 bridgehead atoms. The Morgan fingerprint density at radius 2 is 2.41 bits per heavy atom. The average Bonchev–Trinajstić information content (AvgIpc) is 2.66. The fraction of sp³-hybridized carbons (Fsp3) is 0.615. The van der Waals surface area contributed by atoms with Crippen LogP contribution in [0.5, 0.6) is 0 Å². The highest BCUT2D eigenvalue weighted by Gasteiger charge is 2.23. The minimum absolute atomic E-state index is 0.314. The summed E-state index contributed by atoms with van der Waals surface area (Å²) in [5.41, 5.74) is 0. The number of carbonyl (C=O) groups excluding carboxylic acids is 1. The zero-order valence-electron chi connectivity index (χ0n) is 10.1. The first kappa shape index (κ1) is 13.2. The van der Waals surface area contributed by atoms with Crippen LogP contribution in [0.4, 0.5) is 0 Å². The van der Waals surface area contributed by atoms with Crippen molar-refractivity contribution in [1.82, 2.24) is 4.90 Å². The number of thiophene rings is 1. The van der Waals surface area contributed by atoms with Gasteiger partial charge in [-0.25, -0.2) is 0 Å². The number of hydrogen-bond acceptors (Lipinski definition) is 3. The van der Waals surface area contributed by atoms with Crippen molar-refractivity contribution in [3.63, 3.8) is 0 Å². The van der Waals surface area contributed by atoms with Gasteiger partial charge in [-0.3, -0.25) is 9.69 Å². The van der Waals surface area contributed by atoms with Gasteiger partial charge in [-0.05, 0) is 48.3 Å². The molecule has 0 spiro atoms. The highest BCUT2D eigenvalue weighted by molar-refractivity contribution is 9.10. The standard InChI is InChI=1S/C13H18BrNOS/c1-10(16)6-12-4-2-3-5-15(12)8-13-7-11(14)9-17-13/h7,9,12H,2-6,8H2,1H3. The summed E-state index contributed by atoms with van der Waals surface area (Å²) in [6.45, 7) is 3.83. The Morgan fingerprint density at radius 3 is 3.06 bits per heavy atom. The molecule has 2 heterocycles. The van der Waals surface area contributed by atoms with Crippen molar-refractivity contribution >= 4 is 33.0 Å². The molecule has 0 saturated carbocycles. The van der Waals surface area contributed by atoms with E-state index in [1.807, 2.05) is 0 Å². The van der Waals surface area contributed by atoms with Gasteiger partial charge in [0.15, 0.2) is 0 Å². The van der Waals surface area contributed by atoms with Gasteiger partial charge in [0.05, 0.1) is 0 Å². The SMILES string of the molecule is CC(=O)CC1CCCCN1Cc1cc(Br)cs1. The van der Waals surface area contributed by atoms with Crippen LogP contribution in [0.3, 0.4) is 0 Å². The van der Waals surface area contributed by atoms with Gasteiger partial charge in [-0.2, -0.15) is 0 Å². The van der Waals surface area contributed by atoms with Crippen molar-refractivity contribution in [2.45, 2.75) is 45.2 Å². The Labute approximate surface area is 115 Å². The second kappa shape index (κ2) is 6.12. The van der Waals surface area contributed by atoms with Crippen molar-refractivity contribution < 1.29 is 4.79 Å². The summed E-state index contributed by atoms with van der Waals surface area (Å²) in [4.78, 5) is 15.1. The highest BCUT2D eigenvalue weighted by Crippen LogP contribution is 2.26. The topological polar surface area (TPSA) is 20.3 Å². The van der Waals surface area contributed by atoms with Gasteiger partial charge in [0.1, 0.15) is 5.78 Å². The van der Waals surface area contributed by atoms with E-state index in [0.717, 1.165) is 17.6 Å². The number of Topliss-reactive ketones (excluding diaryl/α,β-unsaturated/α-hetero) is 1. The largest absolute Gasteiger partial charge is 0.300 e. The highest BCUT2D eigenvalue weighted by atomic mass is 79.9. The molecule has 1 saturated heterocycles. The molecular formula is C13H18BrNOS. The third-order valence-electron chi connectivity index (χ3n) is 3.25. The third kappa shape index (κ3) is 3.90. The number of ketones is 1. The van der Waals surface area contributed by atoms with Crippen LogP contribution >= 0.6 is 27.3 Å². The molecular weight excluding hydrogens is 298 g/mol. The molecule has 1 aliphatic heterocycles. The maximum Gasteiger partial charge on any atom is 0.131 e. The smallest absolute Gasteiger partial charge is 0.131 e. The summed E-state index contributed by atoms with van der Waals surface area (Å²) < 4.78 is 1.16. The molecule has 0 radical (unpaired) electrons. The second-order valence-electron chi connectivity index (χ2n) is 4.76. The van der Waals surface area contributed by atoms with Crippen molar-refractivity contribution in [3.05, 3.63) is 20.8 Å². The maximum atomic E-state index is 11.3. The fourth-order valence-electron chi connectivity index (χ4n) is 2.47. The van der Waals surface area contributed by atoms with E-state index < -0.39 is 0 Å². The van der Waals surface area contributed by atoms with Crippen LogP contribution in [0.2, 0.25) is 0 Å². The number of hydrogen-bond donors (Lipinski definition) is 0. The van der Waals surface area contributed by atoms with E-state index in [1.54, 1.807) is 18.3 Å². The molecule has 2 nitrogen and oxygen atoms in total. The fourth-order valence-corrected chi connectivity index (χ4v) is 3.94. The number of carbonyl (C=O) groups is 1. The van der Waals surface area contributed by atoms with Gasteiger partial charge >= 0.3 is 0 Å². The summed E-state index contributed by atoms with van der Waals surface area (Å²) in [5, 5.41) is 2.12. The van der Waals surface area contributed by atoms with Crippen LogP contribution in [0, 0.1) is 0 Å². The Balaban J connectivity index is 1.98. The molecule has 0 amide bonds. The number of likely N-dealkylation sites (tertiary alicyclic amines) is 1. The molecule has 0 aromatic carbocycles. The lowest BCUT2D eigenvalue weighted by Gasteiger charge is -2.34. The van der Waals surface area contributed by atoms with Crippen LogP contribution in [-0.4, -0.2) is 23.3 Å². The number of rotatable bonds is 4. The van der Waals surface area contributed by atoms with E-state index >= 15 is 0 Å². The lowest BCUT2D eigenvalue weighted by Crippen LogP contribution is -2.39. The van der Waals surface area contributed by atoms with Crippen molar-refractivity contribution in [3.8, 4) is 0 Å². The molecule has 1 aliphatic rings. The quantitative estimate of drug-likeness (QED) is 0.841. The molecule has 0 N–H and O–H groups in total. The Hall–Kier alpha value is -0.190. The summed E-state index contributed by atoms with van der Waals surface area (Å²) in [5.74, 6) is 0.314. The Bertz CT molecular complexity index is 391. The van der Waals surface area contributed by atoms with Gasteiger partial charge in [0.25, 0.3) is 0 Å². The van der Waals surface area contributed by atoms with E-state index in [0.29, 0.717) is 18.2 Å². The third-order valence-corrected chi connectivity index (χ3v) is 4.94. The van der Waals surface area contributed by atoms with Crippen LogP contribution in [0.1, 0.15) is 37.5 Å². The van der Waals surface area contributed by atoms with Gasteiger partial charge in [0, 0.05) is 33.7 Å². The first-order valence-corrected chi connectivity index (χ1v) is 7.79. The molecule has 1 aromatic rings. The predicted octanol–water partition coefficient (Wildman–Crippen LogP) is 3.84. The van der Waals surface area contributed by atoms with Crippen LogP contribution in [0.25, 0.3) is 0 Å². The first-order chi connectivity index (χ1) is 8.15. The molecule has 17 heavy (non-hydrogen) atoms. The minimum atomic E-state index is 0.314. The zero-order chi connectivity index (χ0) is 12.3. The monoisotopic (exact) mass is 315 g/mol. The van der Waals surface area contributed by atoms with Crippen molar-refractivity contribution in [2.75, 3.05) is 6.54 Å². The Morgan fingerprint density at radius 1 is 1.59 bits per heavy atom.